The third-order valence-electron chi connectivity index (χ3n) is 5.56. The van der Waals surface area contributed by atoms with E-state index in [-0.39, 0.29) is 11.8 Å². The highest BCUT2D eigenvalue weighted by atomic mass is 16.2. The van der Waals surface area contributed by atoms with Gasteiger partial charge in [0.1, 0.15) is 0 Å². The van der Waals surface area contributed by atoms with E-state index in [0.29, 0.717) is 23.8 Å². The maximum absolute atomic E-state index is 12.8. The number of nitrogens with zero attached hydrogens (tertiary/aromatic N) is 1. The van der Waals surface area contributed by atoms with E-state index in [0.717, 1.165) is 24.1 Å². The second-order valence-electron chi connectivity index (χ2n) is 7.98. The van der Waals surface area contributed by atoms with Crippen LogP contribution < -0.4 is 10.6 Å². The molecule has 29 heavy (non-hydrogen) atoms. The SMILES string of the molecule is Cc1cccc(NC(=O)c2ccccc2NC(=O)CN(C)C2CCCCCC2)c1. The number of carbonyl (C=O) groups is 2. The monoisotopic (exact) mass is 393 g/mol. The van der Waals surface area contributed by atoms with Gasteiger partial charge in [0, 0.05) is 11.7 Å². The van der Waals surface area contributed by atoms with Gasteiger partial charge >= 0.3 is 0 Å². The van der Waals surface area contributed by atoms with E-state index in [1.807, 2.05) is 44.3 Å². The van der Waals surface area contributed by atoms with Crippen LogP contribution in [0, 0.1) is 6.92 Å². The van der Waals surface area contributed by atoms with Crippen LogP contribution in [0.4, 0.5) is 11.4 Å². The summed E-state index contributed by atoms with van der Waals surface area (Å²) in [6, 6.07) is 15.3. The van der Waals surface area contributed by atoms with Gasteiger partial charge in [0.05, 0.1) is 17.8 Å². The molecule has 0 bridgehead atoms. The predicted molar refractivity (Wildman–Crippen MR) is 118 cm³/mol. The van der Waals surface area contributed by atoms with E-state index >= 15 is 0 Å². The molecule has 0 atom stereocenters. The molecule has 0 unspecified atom stereocenters. The molecular weight excluding hydrogens is 362 g/mol. The highest BCUT2D eigenvalue weighted by Crippen LogP contribution is 2.22. The highest BCUT2D eigenvalue weighted by molar-refractivity contribution is 6.10. The van der Waals surface area contributed by atoms with Crippen molar-refractivity contribution in [2.45, 2.75) is 51.5 Å². The van der Waals surface area contributed by atoms with E-state index < -0.39 is 0 Å². The molecule has 0 saturated heterocycles. The lowest BCUT2D eigenvalue weighted by Gasteiger charge is -2.26. The fraction of sp³-hybridized carbons (Fsp3) is 0.417. The number of anilines is 2. The van der Waals surface area contributed by atoms with E-state index in [9.17, 15) is 9.59 Å². The highest BCUT2D eigenvalue weighted by Gasteiger charge is 2.20. The Hall–Kier alpha value is -2.66. The summed E-state index contributed by atoms with van der Waals surface area (Å²) in [5.41, 5.74) is 2.81. The quantitative estimate of drug-likeness (QED) is 0.690. The molecule has 5 heteroatoms. The number of aryl methyl sites for hydroxylation is 1. The first-order valence-corrected chi connectivity index (χ1v) is 10.5. The molecule has 3 rings (SSSR count). The molecule has 0 aromatic heterocycles. The molecule has 1 saturated carbocycles. The standard InChI is InChI=1S/C24H31N3O2/c1-18-10-9-11-19(16-18)25-24(29)21-14-7-8-15-22(21)26-23(28)17-27(2)20-12-5-3-4-6-13-20/h7-11,14-16,20H,3-6,12-13,17H2,1-2H3,(H,25,29)(H,26,28). The van der Waals surface area contributed by atoms with Crippen LogP contribution in [0.25, 0.3) is 0 Å². The summed E-state index contributed by atoms with van der Waals surface area (Å²) in [6.07, 6.45) is 7.36. The molecule has 5 nitrogen and oxygen atoms in total. The van der Waals surface area contributed by atoms with Gasteiger partial charge in [-0.3, -0.25) is 14.5 Å². The van der Waals surface area contributed by atoms with Crippen molar-refractivity contribution >= 4 is 23.2 Å². The second kappa shape index (κ2) is 10.2. The zero-order valence-electron chi connectivity index (χ0n) is 17.4. The summed E-state index contributed by atoms with van der Waals surface area (Å²) < 4.78 is 0. The molecule has 1 fully saturated rings. The summed E-state index contributed by atoms with van der Waals surface area (Å²) in [5, 5.41) is 5.84. The Morgan fingerprint density at radius 2 is 1.69 bits per heavy atom. The van der Waals surface area contributed by atoms with Gasteiger partial charge in [-0.2, -0.15) is 0 Å². The average Bonchev–Trinajstić information content (AvgIpc) is 2.98. The Morgan fingerprint density at radius 3 is 2.41 bits per heavy atom. The summed E-state index contributed by atoms with van der Waals surface area (Å²) in [6.45, 7) is 2.31. The van der Waals surface area contributed by atoms with Crippen LogP contribution in [-0.4, -0.2) is 36.3 Å². The third-order valence-corrected chi connectivity index (χ3v) is 5.56. The van der Waals surface area contributed by atoms with Crippen LogP contribution in [0.3, 0.4) is 0 Å². The van der Waals surface area contributed by atoms with Crippen molar-refractivity contribution in [2.24, 2.45) is 0 Å². The Kier molecular flexibility index (Phi) is 7.42. The van der Waals surface area contributed by atoms with Crippen molar-refractivity contribution in [1.29, 1.82) is 0 Å². The summed E-state index contributed by atoms with van der Waals surface area (Å²) >= 11 is 0. The largest absolute Gasteiger partial charge is 0.324 e. The van der Waals surface area contributed by atoms with Crippen molar-refractivity contribution in [1.82, 2.24) is 4.90 Å². The van der Waals surface area contributed by atoms with Crippen LogP contribution in [0.1, 0.15) is 54.4 Å². The fourth-order valence-electron chi connectivity index (χ4n) is 3.96. The summed E-state index contributed by atoms with van der Waals surface area (Å²) in [4.78, 5) is 27.6. The van der Waals surface area contributed by atoms with Gasteiger partial charge in [-0.05, 0) is 56.6 Å². The lowest BCUT2D eigenvalue weighted by molar-refractivity contribution is -0.117. The lowest BCUT2D eigenvalue weighted by atomic mass is 10.1. The van der Waals surface area contributed by atoms with Crippen molar-refractivity contribution in [3.05, 3.63) is 59.7 Å². The number of para-hydroxylation sites is 1. The van der Waals surface area contributed by atoms with E-state index in [1.54, 1.807) is 18.2 Å². The van der Waals surface area contributed by atoms with Crippen molar-refractivity contribution in [3.63, 3.8) is 0 Å². The Bertz CT molecular complexity index is 842. The minimum atomic E-state index is -0.233. The Balaban J connectivity index is 1.63. The van der Waals surface area contributed by atoms with E-state index in [4.69, 9.17) is 0 Å². The molecule has 154 valence electrons. The topological polar surface area (TPSA) is 61.4 Å². The number of hydrogen-bond donors (Lipinski definition) is 2. The summed E-state index contributed by atoms with van der Waals surface area (Å²) in [5.74, 6) is -0.323. The van der Waals surface area contributed by atoms with Crippen molar-refractivity contribution in [2.75, 3.05) is 24.2 Å². The van der Waals surface area contributed by atoms with Crippen LogP contribution in [0.2, 0.25) is 0 Å². The zero-order valence-corrected chi connectivity index (χ0v) is 17.4. The first-order chi connectivity index (χ1) is 14.0. The Labute approximate surface area is 173 Å². The minimum absolute atomic E-state index is 0.0902. The van der Waals surface area contributed by atoms with Gasteiger partial charge in [0.25, 0.3) is 5.91 Å². The molecule has 2 amide bonds. The maximum Gasteiger partial charge on any atom is 0.257 e. The maximum atomic E-state index is 12.8. The number of hydrogen-bond acceptors (Lipinski definition) is 3. The smallest absolute Gasteiger partial charge is 0.257 e. The number of amides is 2. The lowest BCUT2D eigenvalue weighted by Crippen LogP contribution is -2.38. The molecule has 0 spiro atoms. The van der Waals surface area contributed by atoms with Crippen molar-refractivity contribution < 1.29 is 9.59 Å². The van der Waals surface area contributed by atoms with Crippen molar-refractivity contribution in [3.8, 4) is 0 Å². The van der Waals surface area contributed by atoms with E-state index in [2.05, 4.69) is 15.5 Å². The molecule has 0 radical (unpaired) electrons. The van der Waals surface area contributed by atoms with Gasteiger partial charge in [-0.15, -0.1) is 0 Å². The number of carbonyl (C=O) groups excluding carboxylic acids is 2. The third kappa shape index (κ3) is 6.16. The molecule has 2 aromatic rings. The molecular formula is C24H31N3O2. The van der Waals surface area contributed by atoms with Gasteiger partial charge < -0.3 is 10.6 Å². The number of benzene rings is 2. The summed E-state index contributed by atoms with van der Waals surface area (Å²) in [7, 11) is 2.02. The molecule has 2 aromatic carbocycles. The van der Waals surface area contributed by atoms with Gasteiger partial charge in [-0.1, -0.05) is 49.9 Å². The zero-order chi connectivity index (χ0) is 20.6. The van der Waals surface area contributed by atoms with E-state index in [1.165, 1.54) is 25.7 Å². The van der Waals surface area contributed by atoms with Crippen LogP contribution in [0.5, 0.6) is 0 Å². The molecule has 0 aliphatic heterocycles. The molecule has 1 aliphatic rings. The van der Waals surface area contributed by atoms with Gasteiger partial charge in [0.15, 0.2) is 0 Å². The van der Waals surface area contributed by atoms with Crippen LogP contribution in [0.15, 0.2) is 48.5 Å². The number of likely N-dealkylation sites (N-methyl/N-ethyl adjacent to an activating group) is 1. The van der Waals surface area contributed by atoms with Gasteiger partial charge in [0.2, 0.25) is 5.91 Å². The minimum Gasteiger partial charge on any atom is -0.324 e. The number of rotatable bonds is 6. The average molecular weight is 394 g/mol. The van der Waals surface area contributed by atoms with Gasteiger partial charge in [-0.25, -0.2) is 0 Å². The van der Waals surface area contributed by atoms with Crippen LogP contribution in [-0.2, 0) is 4.79 Å². The Morgan fingerprint density at radius 1 is 0.966 bits per heavy atom. The fourth-order valence-corrected chi connectivity index (χ4v) is 3.96. The normalized spacial score (nSPS) is 15.0. The number of nitrogens with one attached hydrogen (secondary N) is 2. The van der Waals surface area contributed by atoms with Crippen LogP contribution >= 0.6 is 0 Å². The second-order valence-corrected chi connectivity index (χ2v) is 7.98. The molecule has 0 heterocycles. The predicted octanol–water partition coefficient (Wildman–Crippen LogP) is 4.84. The first-order valence-electron chi connectivity index (χ1n) is 10.5. The molecule has 1 aliphatic carbocycles. The first kappa shape index (κ1) is 21.1. The molecule has 2 N–H and O–H groups in total.